The van der Waals surface area contributed by atoms with Gasteiger partial charge in [-0.25, -0.2) is 0 Å². The minimum Gasteiger partial charge on any atom is -0.396 e. The van der Waals surface area contributed by atoms with Gasteiger partial charge in [0.25, 0.3) is 0 Å². The summed E-state index contributed by atoms with van der Waals surface area (Å²) in [5, 5.41) is 12.9. The smallest absolute Gasteiger partial charge is 0.0473 e. The predicted molar refractivity (Wildman–Crippen MR) is 64.9 cm³/mol. The van der Waals surface area contributed by atoms with E-state index in [-0.39, 0.29) is 0 Å². The second kappa shape index (κ2) is 7.24. The third kappa shape index (κ3) is 4.98. The van der Waals surface area contributed by atoms with Gasteiger partial charge in [0.15, 0.2) is 0 Å². The number of hydrogen-bond acceptors (Lipinski definition) is 2. The maximum absolute atomic E-state index is 9.24. The third-order valence-corrected chi connectivity index (χ3v) is 3.70. The van der Waals surface area contributed by atoms with Crippen molar-refractivity contribution in [3.63, 3.8) is 0 Å². The molecular weight excluding hydrogens is 186 g/mol. The Morgan fingerprint density at radius 1 is 1.13 bits per heavy atom. The zero-order chi connectivity index (χ0) is 11.1. The summed E-state index contributed by atoms with van der Waals surface area (Å²) in [5.41, 5.74) is 0. The van der Waals surface area contributed by atoms with E-state index >= 15 is 0 Å². The van der Waals surface area contributed by atoms with Crippen molar-refractivity contribution in [2.24, 2.45) is 11.8 Å². The van der Waals surface area contributed by atoms with E-state index in [1.165, 1.54) is 38.5 Å². The molecule has 0 spiro atoms. The van der Waals surface area contributed by atoms with Crippen LogP contribution in [0.3, 0.4) is 0 Å². The molecule has 1 unspecified atom stereocenters. The highest BCUT2D eigenvalue weighted by Gasteiger charge is 2.16. The van der Waals surface area contributed by atoms with Crippen LogP contribution in [-0.2, 0) is 0 Å². The largest absolute Gasteiger partial charge is 0.396 e. The molecular formula is C13H27NO. The molecule has 0 aromatic heterocycles. The minimum absolute atomic E-state index is 0.317. The average molecular weight is 213 g/mol. The summed E-state index contributed by atoms with van der Waals surface area (Å²) in [6.07, 6.45) is 8.23. The normalized spacial score (nSPS) is 21.6. The number of aliphatic hydroxyl groups is 1. The van der Waals surface area contributed by atoms with Gasteiger partial charge in [0.2, 0.25) is 0 Å². The van der Waals surface area contributed by atoms with Crippen LogP contribution in [0.2, 0.25) is 0 Å². The van der Waals surface area contributed by atoms with E-state index in [1.807, 2.05) is 0 Å². The van der Waals surface area contributed by atoms with Crippen LogP contribution in [0.5, 0.6) is 0 Å². The van der Waals surface area contributed by atoms with Crippen LogP contribution < -0.4 is 5.32 Å². The highest BCUT2D eigenvalue weighted by Crippen LogP contribution is 2.18. The molecule has 0 bridgehead atoms. The Balaban J connectivity index is 2.21. The molecule has 2 N–H and O–H groups in total. The first kappa shape index (κ1) is 13.0. The fourth-order valence-corrected chi connectivity index (χ4v) is 2.31. The van der Waals surface area contributed by atoms with E-state index in [4.69, 9.17) is 0 Å². The fraction of sp³-hybridized carbons (Fsp3) is 1.00. The first-order chi connectivity index (χ1) is 7.24. The summed E-state index contributed by atoms with van der Waals surface area (Å²) in [6, 6.07) is 0.709. The molecule has 0 heterocycles. The van der Waals surface area contributed by atoms with Gasteiger partial charge < -0.3 is 10.4 Å². The molecule has 0 aliphatic heterocycles. The first-order valence-corrected chi connectivity index (χ1v) is 6.58. The van der Waals surface area contributed by atoms with E-state index in [9.17, 15) is 5.11 Å². The second-order valence-corrected chi connectivity index (χ2v) is 5.28. The zero-order valence-corrected chi connectivity index (χ0v) is 10.3. The molecule has 1 fully saturated rings. The van der Waals surface area contributed by atoms with Crippen LogP contribution in [0.15, 0.2) is 0 Å². The molecule has 0 radical (unpaired) electrons. The Bertz CT molecular complexity index is 151. The van der Waals surface area contributed by atoms with Crippen LogP contribution in [0.1, 0.15) is 52.4 Å². The van der Waals surface area contributed by atoms with Crippen molar-refractivity contribution in [2.75, 3.05) is 13.2 Å². The maximum Gasteiger partial charge on any atom is 0.0473 e. The highest BCUT2D eigenvalue weighted by atomic mass is 16.3. The lowest BCUT2D eigenvalue weighted by atomic mass is 9.96. The Labute approximate surface area is 94.5 Å². The van der Waals surface area contributed by atoms with E-state index in [0.717, 1.165) is 6.54 Å². The Kier molecular flexibility index (Phi) is 6.26. The van der Waals surface area contributed by atoms with Crippen LogP contribution in [-0.4, -0.2) is 24.3 Å². The molecule has 15 heavy (non-hydrogen) atoms. The lowest BCUT2D eigenvalue weighted by Crippen LogP contribution is -2.36. The quantitative estimate of drug-likeness (QED) is 0.688. The van der Waals surface area contributed by atoms with Crippen LogP contribution in [0.4, 0.5) is 0 Å². The van der Waals surface area contributed by atoms with Gasteiger partial charge in [0, 0.05) is 19.2 Å². The molecule has 1 rings (SSSR count). The number of nitrogens with one attached hydrogen (secondary N) is 1. The van der Waals surface area contributed by atoms with Crippen molar-refractivity contribution in [1.82, 2.24) is 5.32 Å². The Hall–Kier alpha value is -0.0800. The summed E-state index contributed by atoms with van der Waals surface area (Å²) < 4.78 is 0. The molecule has 0 saturated heterocycles. The number of aliphatic hydroxyl groups excluding tert-OH is 1. The van der Waals surface area contributed by atoms with Gasteiger partial charge in [0.1, 0.15) is 0 Å². The van der Waals surface area contributed by atoms with E-state index < -0.39 is 0 Å². The fourth-order valence-electron chi connectivity index (χ4n) is 2.31. The minimum atomic E-state index is 0.317. The first-order valence-electron chi connectivity index (χ1n) is 6.58. The summed E-state index contributed by atoms with van der Waals surface area (Å²) in [7, 11) is 0. The molecule has 0 aromatic rings. The molecule has 1 aliphatic carbocycles. The molecule has 2 nitrogen and oxygen atoms in total. The molecule has 2 heteroatoms. The second-order valence-electron chi connectivity index (χ2n) is 5.28. The van der Waals surface area contributed by atoms with Gasteiger partial charge in [0.05, 0.1) is 0 Å². The third-order valence-electron chi connectivity index (χ3n) is 3.70. The molecule has 0 amide bonds. The van der Waals surface area contributed by atoms with E-state index in [0.29, 0.717) is 24.5 Å². The van der Waals surface area contributed by atoms with Crippen molar-refractivity contribution in [1.29, 1.82) is 0 Å². The van der Waals surface area contributed by atoms with Gasteiger partial charge in [-0.3, -0.25) is 0 Å². The van der Waals surface area contributed by atoms with Crippen molar-refractivity contribution in [3.05, 3.63) is 0 Å². The van der Waals surface area contributed by atoms with Crippen molar-refractivity contribution < 1.29 is 5.11 Å². The maximum atomic E-state index is 9.24. The van der Waals surface area contributed by atoms with Gasteiger partial charge >= 0.3 is 0 Å². The lowest BCUT2D eigenvalue weighted by Gasteiger charge is -2.23. The predicted octanol–water partition coefficient (Wildman–Crippen LogP) is 2.56. The number of rotatable bonds is 5. The molecule has 90 valence electrons. The summed E-state index contributed by atoms with van der Waals surface area (Å²) >= 11 is 0. The molecule has 1 saturated carbocycles. The van der Waals surface area contributed by atoms with Crippen molar-refractivity contribution >= 4 is 0 Å². The van der Waals surface area contributed by atoms with Gasteiger partial charge in [-0.2, -0.15) is 0 Å². The summed E-state index contributed by atoms with van der Waals surface area (Å²) in [5.74, 6) is 1.00. The molecule has 1 atom stereocenters. The van der Waals surface area contributed by atoms with E-state index in [2.05, 4.69) is 19.2 Å². The average Bonchev–Trinajstić information content (AvgIpc) is 2.46. The Morgan fingerprint density at radius 3 is 2.20 bits per heavy atom. The van der Waals surface area contributed by atoms with E-state index in [1.54, 1.807) is 0 Å². The SMILES string of the molecule is CC(C)C(CO)CNC1CCCCCC1. The zero-order valence-electron chi connectivity index (χ0n) is 10.3. The van der Waals surface area contributed by atoms with Crippen molar-refractivity contribution in [2.45, 2.75) is 58.4 Å². The summed E-state index contributed by atoms with van der Waals surface area (Å²) in [6.45, 7) is 5.68. The Morgan fingerprint density at radius 2 is 1.73 bits per heavy atom. The topological polar surface area (TPSA) is 32.3 Å². The van der Waals surface area contributed by atoms with Crippen LogP contribution >= 0.6 is 0 Å². The summed E-state index contributed by atoms with van der Waals surface area (Å²) in [4.78, 5) is 0. The van der Waals surface area contributed by atoms with Crippen molar-refractivity contribution in [3.8, 4) is 0 Å². The monoisotopic (exact) mass is 213 g/mol. The van der Waals surface area contributed by atoms with Crippen LogP contribution in [0.25, 0.3) is 0 Å². The molecule has 1 aliphatic rings. The van der Waals surface area contributed by atoms with Gasteiger partial charge in [-0.15, -0.1) is 0 Å². The highest BCUT2D eigenvalue weighted by molar-refractivity contribution is 4.73. The standard InChI is InChI=1S/C13H27NO/c1-11(2)12(10-15)9-14-13-7-5-3-4-6-8-13/h11-15H,3-10H2,1-2H3. The number of hydrogen-bond donors (Lipinski definition) is 2. The lowest BCUT2D eigenvalue weighted by molar-refractivity contribution is 0.181. The van der Waals surface area contributed by atoms with Gasteiger partial charge in [-0.05, 0) is 24.7 Å². The molecule has 0 aromatic carbocycles. The van der Waals surface area contributed by atoms with Gasteiger partial charge in [-0.1, -0.05) is 39.5 Å². The van der Waals surface area contributed by atoms with Crippen LogP contribution in [0, 0.1) is 11.8 Å².